The summed E-state index contributed by atoms with van der Waals surface area (Å²) in [7, 11) is 0. The Hall–Kier alpha value is -1.92. The van der Waals surface area contributed by atoms with Gasteiger partial charge in [-0.25, -0.2) is 0 Å². The van der Waals surface area contributed by atoms with Crippen molar-refractivity contribution in [1.29, 1.82) is 0 Å². The molecule has 0 fully saturated rings. The first-order chi connectivity index (χ1) is 11.2. The summed E-state index contributed by atoms with van der Waals surface area (Å²) in [5, 5.41) is 11.1. The quantitative estimate of drug-likeness (QED) is 0.914. The van der Waals surface area contributed by atoms with Crippen molar-refractivity contribution in [3.05, 3.63) is 45.9 Å². The van der Waals surface area contributed by atoms with Crippen molar-refractivity contribution in [2.24, 2.45) is 0 Å². The van der Waals surface area contributed by atoms with Gasteiger partial charge in [0.05, 0.1) is 24.5 Å². The number of nitrogens with zero attached hydrogens (tertiary/aromatic N) is 2. The van der Waals surface area contributed by atoms with Crippen LogP contribution in [0.15, 0.2) is 29.8 Å². The molecule has 0 saturated carbocycles. The van der Waals surface area contributed by atoms with Crippen LogP contribution in [0.4, 0.5) is 0 Å². The number of pyridine rings is 1. The Kier molecular flexibility index (Phi) is 4.93. The lowest BCUT2D eigenvalue weighted by Crippen LogP contribution is -2.41. The molecule has 2 aromatic heterocycles. The molecule has 0 bridgehead atoms. The van der Waals surface area contributed by atoms with Crippen LogP contribution in [0.1, 0.15) is 35.5 Å². The summed E-state index contributed by atoms with van der Waals surface area (Å²) in [6.45, 7) is 2.76. The van der Waals surface area contributed by atoms with Gasteiger partial charge in [-0.2, -0.15) is 0 Å². The Morgan fingerprint density at radius 2 is 2.35 bits per heavy atom. The molecule has 1 aliphatic rings. The third kappa shape index (κ3) is 3.38. The molecule has 0 spiro atoms. The second-order valence-corrected chi connectivity index (χ2v) is 6.49. The van der Waals surface area contributed by atoms with Crippen molar-refractivity contribution in [1.82, 2.24) is 9.88 Å². The van der Waals surface area contributed by atoms with E-state index < -0.39 is 0 Å². The minimum Gasteiger partial charge on any atom is -0.482 e. The van der Waals surface area contributed by atoms with Crippen LogP contribution >= 0.6 is 11.3 Å². The van der Waals surface area contributed by atoms with Crippen molar-refractivity contribution >= 4 is 17.2 Å². The van der Waals surface area contributed by atoms with Crippen molar-refractivity contribution in [2.45, 2.75) is 32.4 Å². The summed E-state index contributed by atoms with van der Waals surface area (Å²) in [5.41, 5.74) is 1.86. The molecule has 1 N–H and O–H groups in total. The number of rotatable bonds is 5. The van der Waals surface area contributed by atoms with Crippen LogP contribution in [0, 0.1) is 0 Å². The largest absolute Gasteiger partial charge is 0.482 e. The number of hydrogen-bond donors (Lipinski definition) is 1. The maximum absolute atomic E-state index is 12.5. The smallest absolute Gasteiger partial charge is 0.261 e. The van der Waals surface area contributed by atoms with Crippen LogP contribution in [0.3, 0.4) is 0 Å². The Labute approximate surface area is 139 Å². The molecule has 0 saturated heterocycles. The maximum atomic E-state index is 12.5. The molecule has 0 unspecified atom stereocenters. The number of carbonyl (C=O) groups excluding carboxylic acids is 1. The highest BCUT2D eigenvalue weighted by Crippen LogP contribution is 2.35. The molecule has 6 heteroatoms. The van der Waals surface area contributed by atoms with Gasteiger partial charge < -0.3 is 14.7 Å². The third-order valence-corrected chi connectivity index (χ3v) is 5.12. The predicted molar refractivity (Wildman–Crippen MR) is 88.4 cm³/mol. The SMILES string of the molecule is CC[C@H]1c2ccsc2CCN1C(=O)COc1ccc(CO)nc1. The lowest BCUT2D eigenvalue weighted by Gasteiger charge is -2.35. The first-order valence-corrected chi connectivity index (χ1v) is 8.65. The molecule has 2 aromatic rings. The Balaban J connectivity index is 1.63. The molecule has 1 amide bonds. The van der Waals surface area contributed by atoms with Gasteiger partial charge in [0.15, 0.2) is 6.61 Å². The van der Waals surface area contributed by atoms with E-state index in [1.807, 2.05) is 4.90 Å². The van der Waals surface area contributed by atoms with Gasteiger partial charge >= 0.3 is 0 Å². The molecule has 122 valence electrons. The third-order valence-electron chi connectivity index (χ3n) is 4.12. The zero-order chi connectivity index (χ0) is 16.2. The highest BCUT2D eigenvalue weighted by atomic mass is 32.1. The van der Waals surface area contributed by atoms with Crippen LogP contribution < -0.4 is 4.74 Å². The van der Waals surface area contributed by atoms with E-state index in [4.69, 9.17) is 9.84 Å². The van der Waals surface area contributed by atoms with Crippen LogP contribution in [-0.2, 0) is 17.8 Å². The fourth-order valence-electron chi connectivity index (χ4n) is 2.95. The molecule has 5 nitrogen and oxygen atoms in total. The molecular weight excluding hydrogens is 312 g/mol. The van der Waals surface area contributed by atoms with E-state index in [9.17, 15) is 4.79 Å². The number of aromatic nitrogens is 1. The number of ether oxygens (including phenoxy) is 1. The number of aliphatic hydroxyl groups is 1. The van der Waals surface area contributed by atoms with Crippen molar-refractivity contribution in [3.8, 4) is 5.75 Å². The van der Waals surface area contributed by atoms with Gasteiger partial charge in [-0.1, -0.05) is 6.92 Å². The monoisotopic (exact) mass is 332 g/mol. The first kappa shape index (κ1) is 16.0. The highest BCUT2D eigenvalue weighted by Gasteiger charge is 2.30. The van der Waals surface area contributed by atoms with Gasteiger partial charge in [0.2, 0.25) is 0 Å². The number of fused-ring (bicyclic) bond motifs is 1. The molecule has 3 heterocycles. The lowest BCUT2D eigenvalue weighted by atomic mass is 9.98. The average Bonchev–Trinajstić information content (AvgIpc) is 3.07. The molecule has 0 aliphatic carbocycles. The van der Waals surface area contributed by atoms with Gasteiger partial charge in [-0.05, 0) is 42.0 Å². The number of aliphatic hydroxyl groups excluding tert-OH is 1. The topological polar surface area (TPSA) is 62.7 Å². The maximum Gasteiger partial charge on any atom is 0.261 e. The second-order valence-electron chi connectivity index (χ2n) is 5.49. The Bertz CT molecular complexity index is 669. The van der Waals surface area contributed by atoms with Crippen LogP contribution in [0.5, 0.6) is 5.75 Å². The average molecular weight is 332 g/mol. The normalized spacial score (nSPS) is 17.0. The molecule has 3 rings (SSSR count). The molecule has 1 aliphatic heterocycles. The molecule has 23 heavy (non-hydrogen) atoms. The van der Waals surface area contributed by atoms with E-state index in [1.54, 1.807) is 23.5 Å². The van der Waals surface area contributed by atoms with Crippen LogP contribution in [-0.4, -0.2) is 34.0 Å². The fourth-order valence-corrected chi connectivity index (χ4v) is 3.88. The van der Waals surface area contributed by atoms with Crippen LogP contribution in [0.2, 0.25) is 0 Å². The van der Waals surface area contributed by atoms with Crippen molar-refractivity contribution < 1.29 is 14.6 Å². The van der Waals surface area contributed by atoms with Crippen molar-refractivity contribution in [3.63, 3.8) is 0 Å². The minimum absolute atomic E-state index is 0.0000604. The summed E-state index contributed by atoms with van der Waals surface area (Å²) in [4.78, 5) is 19.9. The van der Waals surface area contributed by atoms with E-state index in [0.29, 0.717) is 11.4 Å². The number of thiophene rings is 1. The molecule has 0 radical (unpaired) electrons. The number of carbonyl (C=O) groups is 1. The van der Waals surface area contributed by atoms with Crippen LogP contribution in [0.25, 0.3) is 0 Å². The van der Waals surface area contributed by atoms with Crippen molar-refractivity contribution in [2.75, 3.05) is 13.2 Å². The van der Waals surface area contributed by atoms with E-state index in [1.165, 1.54) is 16.6 Å². The Morgan fingerprint density at radius 1 is 1.48 bits per heavy atom. The summed E-state index contributed by atoms with van der Waals surface area (Å²) in [6, 6.07) is 5.69. The molecule has 0 aromatic carbocycles. The lowest BCUT2D eigenvalue weighted by molar-refractivity contribution is -0.136. The van der Waals surface area contributed by atoms with E-state index >= 15 is 0 Å². The fraction of sp³-hybridized carbons (Fsp3) is 0.412. The summed E-state index contributed by atoms with van der Waals surface area (Å²) in [5.74, 6) is 0.539. The summed E-state index contributed by atoms with van der Waals surface area (Å²) < 4.78 is 5.55. The van der Waals surface area contributed by atoms with Gasteiger partial charge in [0, 0.05) is 11.4 Å². The molecular formula is C17H20N2O3S. The summed E-state index contributed by atoms with van der Waals surface area (Å²) >= 11 is 1.77. The standard InChI is InChI=1S/C17H20N2O3S/c1-2-15-14-6-8-23-16(14)5-7-19(15)17(21)11-22-13-4-3-12(10-20)18-9-13/h3-4,6,8-9,15,20H,2,5,7,10-11H2,1H3/t15-/m0/s1. The van der Waals surface area contributed by atoms with Gasteiger partial charge in [-0.3, -0.25) is 9.78 Å². The minimum atomic E-state index is -0.103. The van der Waals surface area contributed by atoms with E-state index in [2.05, 4.69) is 23.4 Å². The van der Waals surface area contributed by atoms with Gasteiger partial charge in [0.25, 0.3) is 5.91 Å². The zero-order valence-electron chi connectivity index (χ0n) is 13.1. The van der Waals surface area contributed by atoms with E-state index in [0.717, 1.165) is 19.4 Å². The second kappa shape index (κ2) is 7.10. The number of hydrogen-bond acceptors (Lipinski definition) is 5. The highest BCUT2D eigenvalue weighted by molar-refractivity contribution is 7.10. The zero-order valence-corrected chi connectivity index (χ0v) is 13.9. The Morgan fingerprint density at radius 3 is 3.04 bits per heavy atom. The van der Waals surface area contributed by atoms with E-state index in [-0.39, 0.29) is 25.2 Å². The van der Waals surface area contributed by atoms with Gasteiger partial charge in [-0.15, -0.1) is 11.3 Å². The molecule has 1 atom stereocenters. The van der Waals surface area contributed by atoms with Gasteiger partial charge in [0.1, 0.15) is 5.75 Å². The summed E-state index contributed by atoms with van der Waals surface area (Å²) in [6.07, 6.45) is 3.35. The first-order valence-electron chi connectivity index (χ1n) is 7.77. The predicted octanol–water partition coefficient (Wildman–Crippen LogP) is 2.55. The number of amides is 1.